The van der Waals surface area contributed by atoms with Crippen LogP contribution in [0.5, 0.6) is 5.75 Å². The first-order valence-electron chi connectivity index (χ1n) is 14.3. The topological polar surface area (TPSA) is 149 Å². The van der Waals surface area contributed by atoms with E-state index in [4.69, 9.17) is 9.47 Å². The lowest BCUT2D eigenvalue weighted by atomic mass is 10.00. The van der Waals surface area contributed by atoms with E-state index in [1.165, 1.54) is 0 Å². The Hall–Kier alpha value is -4.12. The summed E-state index contributed by atoms with van der Waals surface area (Å²) in [6, 6.07) is 25.0. The maximum Gasteiger partial charge on any atom is 0.407 e. The van der Waals surface area contributed by atoms with Crippen molar-refractivity contribution in [2.45, 2.75) is 70.1 Å². The second-order valence-corrected chi connectivity index (χ2v) is 11.4. The third-order valence-electron chi connectivity index (χ3n) is 6.57. The van der Waals surface area contributed by atoms with E-state index in [0.29, 0.717) is 18.8 Å². The molecule has 0 aromatic heterocycles. The third kappa shape index (κ3) is 12.7. The number of carbonyl (C=O) groups excluding carboxylic acids is 1. The van der Waals surface area contributed by atoms with Crippen LogP contribution in [0.15, 0.2) is 84.9 Å². The Kier molecular flexibility index (Phi) is 12.8. The zero-order valence-corrected chi connectivity index (χ0v) is 24.9. The van der Waals surface area contributed by atoms with Crippen LogP contribution in [-0.4, -0.2) is 70.5 Å². The predicted octanol–water partition coefficient (Wildman–Crippen LogP) is 3.89. The van der Waals surface area contributed by atoms with Crippen molar-refractivity contribution in [1.82, 2.24) is 16.0 Å². The van der Waals surface area contributed by atoms with E-state index in [1.54, 1.807) is 20.8 Å². The molecule has 6 N–H and O–H groups in total. The highest BCUT2D eigenvalue weighted by Crippen LogP contribution is 2.16. The zero-order valence-electron chi connectivity index (χ0n) is 24.9. The lowest BCUT2D eigenvalue weighted by molar-refractivity contribution is 0.0416. The first-order valence-corrected chi connectivity index (χ1v) is 14.3. The maximum absolute atomic E-state index is 12.5. The van der Waals surface area contributed by atoms with Gasteiger partial charge in [-0.3, -0.25) is 0 Å². The SMILES string of the molecule is CC(C)(C)OC(=O)N[C@@H](Cc1ccccc1)C(O)CNC[C@@H](O)[C@H](Cc1ccc(OCc2ccccc2)cc1)NC(=O)O. The van der Waals surface area contributed by atoms with Gasteiger partial charge in [-0.15, -0.1) is 0 Å². The summed E-state index contributed by atoms with van der Waals surface area (Å²) < 4.78 is 11.2. The van der Waals surface area contributed by atoms with E-state index in [2.05, 4.69) is 16.0 Å². The minimum atomic E-state index is -1.25. The van der Waals surface area contributed by atoms with Gasteiger partial charge in [-0.05, 0) is 62.4 Å². The second kappa shape index (κ2) is 16.5. The average molecular weight is 594 g/mol. The van der Waals surface area contributed by atoms with E-state index in [1.807, 2.05) is 84.9 Å². The van der Waals surface area contributed by atoms with Gasteiger partial charge in [0, 0.05) is 13.1 Å². The summed E-state index contributed by atoms with van der Waals surface area (Å²) in [4.78, 5) is 23.9. The number of carbonyl (C=O) groups is 2. The normalized spacial score (nSPS) is 14.2. The van der Waals surface area contributed by atoms with Gasteiger partial charge in [0.25, 0.3) is 0 Å². The van der Waals surface area contributed by atoms with Crippen LogP contribution >= 0.6 is 0 Å². The van der Waals surface area contributed by atoms with Gasteiger partial charge in [0.15, 0.2) is 0 Å². The van der Waals surface area contributed by atoms with Crippen molar-refractivity contribution in [3.63, 3.8) is 0 Å². The van der Waals surface area contributed by atoms with Crippen LogP contribution in [-0.2, 0) is 24.2 Å². The molecular formula is C33H43N3O7. The van der Waals surface area contributed by atoms with Gasteiger partial charge in [0.05, 0.1) is 24.3 Å². The molecule has 2 amide bonds. The Bertz CT molecular complexity index is 1250. The summed E-state index contributed by atoms with van der Waals surface area (Å²) >= 11 is 0. The maximum atomic E-state index is 12.5. The van der Waals surface area contributed by atoms with E-state index >= 15 is 0 Å². The van der Waals surface area contributed by atoms with E-state index in [0.717, 1.165) is 16.7 Å². The minimum Gasteiger partial charge on any atom is -0.489 e. The quantitative estimate of drug-likeness (QED) is 0.155. The number of aliphatic hydroxyl groups excluding tert-OH is 2. The van der Waals surface area contributed by atoms with Crippen molar-refractivity contribution in [2.24, 2.45) is 0 Å². The molecule has 0 bridgehead atoms. The monoisotopic (exact) mass is 593 g/mol. The molecule has 43 heavy (non-hydrogen) atoms. The van der Waals surface area contributed by atoms with Gasteiger partial charge in [-0.2, -0.15) is 0 Å². The molecule has 0 radical (unpaired) electrons. The molecule has 0 aliphatic rings. The summed E-state index contributed by atoms with van der Waals surface area (Å²) in [7, 11) is 0. The molecule has 3 aromatic carbocycles. The van der Waals surface area contributed by atoms with Crippen molar-refractivity contribution in [3.8, 4) is 5.75 Å². The number of ether oxygens (including phenoxy) is 2. The molecule has 0 saturated carbocycles. The number of hydrogen-bond acceptors (Lipinski definition) is 7. The summed E-state index contributed by atoms with van der Waals surface area (Å²) in [6.45, 7) is 5.75. The predicted molar refractivity (Wildman–Crippen MR) is 164 cm³/mol. The number of nitrogens with one attached hydrogen (secondary N) is 3. The summed E-state index contributed by atoms with van der Waals surface area (Å²) in [6.07, 6.45) is -3.41. The van der Waals surface area contributed by atoms with Crippen LogP contribution < -0.4 is 20.7 Å². The molecule has 3 aromatic rings. The van der Waals surface area contributed by atoms with Crippen molar-refractivity contribution >= 4 is 12.2 Å². The summed E-state index contributed by atoms with van der Waals surface area (Å²) in [5.74, 6) is 0.677. The Morgan fingerprint density at radius 1 is 0.721 bits per heavy atom. The minimum absolute atomic E-state index is 0.00473. The van der Waals surface area contributed by atoms with Gasteiger partial charge in [0.1, 0.15) is 18.0 Å². The summed E-state index contributed by atoms with van der Waals surface area (Å²) in [5.41, 5.74) is 2.08. The van der Waals surface area contributed by atoms with Crippen LogP contribution in [0, 0.1) is 0 Å². The van der Waals surface area contributed by atoms with Gasteiger partial charge in [0.2, 0.25) is 0 Å². The van der Waals surface area contributed by atoms with Crippen LogP contribution in [0.4, 0.5) is 9.59 Å². The Labute approximate surface area is 253 Å². The van der Waals surface area contributed by atoms with Crippen LogP contribution in [0.25, 0.3) is 0 Å². The van der Waals surface area contributed by atoms with Gasteiger partial charge in [-0.1, -0.05) is 72.8 Å². The first kappa shape index (κ1) is 33.4. The van der Waals surface area contributed by atoms with Crippen LogP contribution in [0.1, 0.15) is 37.5 Å². The van der Waals surface area contributed by atoms with Gasteiger partial charge >= 0.3 is 12.2 Å². The molecule has 10 nitrogen and oxygen atoms in total. The highest BCUT2D eigenvalue weighted by Gasteiger charge is 2.26. The Morgan fingerprint density at radius 3 is 1.72 bits per heavy atom. The molecule has 232 valence electrons. The molecular weight excluding hydrogens is 550 g/mol. The molecule has 0 fully saturated rings. The van der Waals surface area contributed by atoms with E-state index < -0.39 is 42.1 Å². The number of aliphatic hydroxyl groups is 2. The Morgan fingerprint density at radius 2 is 1.21 bits per heavy atom. The number of benzene rings is 3. The summed E-state index contributed by atoms with van der Waals surface area (Å²) in [5, 5.41) is 39.3. The largest absolute Gasteiger partial charge is 0.489 e. The highest BCUT2D eigenvalue weighted by atomic mass is 16.6. The number of carboxylic acid groups (broad SMARTS) is 1. The molecule has 10 heteroatoms. The van der Waals surface area contributed by atoms with Crippen molar-refractivity contribution in [3.05, 3.63) is 102 Å². The van der Waals surface area contributed by atoms with Gasteiger partial charge in [-0.25, -0.2) is 9.59 Å². The fourth-order valence-electron chi connectivity index (χ4n) is 4.43. The third-order valence-corrected chi connectivity index (χ3v) is 6.57. The van der Waals surface area contributed by atoms with Crippen molar-refractivity contribution in [2.75, 3.05) is 13.1 Å². The molecule has 0 aliphatic carbocycles. The fourth-order valence-corrected chi connectivity index (χ4v) is 4.43. The number of alkyl carbamates (subject to hydrolysis) is 1. The van der Waals surface area contributed by atoms with Crippen LogP contribution in [0.2, 0.25) is 0 Å². The van der Waals surface area contributed by atoms with E-state index in [9.17, 15) is 24.9 Å². The molecule has 0 spiro atoms. The fraction of sp³-hybridized carbons (Fsp3) is 0.394. The number of amides is 2. The average Bonchev–Trinajstić information content (AvgIpc) is 2.96. The lowest BCUT2D eigenvalue weighted by Crippen LogP contribution is -2.52. The molecule has 3 rings (SSSR count). The zero-order chi connectivity index (χ0) is 31.2. The number of hydrogen-bond donors (Lipinski definition) is 6. The Balaban J connectivity index is 1.55. The second-order valence-electron chi connectivity index (χ2n) is 11.4. The van der Waals surface area contributed by atoms with Crippen molar-refractivity contribution in [1.29, 1.82) is 0 Å². The first-order chi connectivity index (χ1) is 20.5. The smallest absolute Gasteiger partial charge is 0.407 e. The lowest BCUT2D eigenvalue weighted by Gasteiger charge is -2.28. The molecule has 0 heterocycles. The molecule has 1 unspecified atom stereocenters. The van der Waals surface area contributed by atoms with E-state index in [-0.39, 0.29) is 19.5 Å². The standard InChI is InChI=1S/C33H43N3O7/c1-33(2,3)43-32(41)36-28(18-23-10-6-4-7-11-23)30(38)21-34-20-29(37)27(35-31(39)40)19-24-14-16-26(17-15-24)42-22-25-12-8-5-9-13-25/h4-17,27-30,34-35,37-38H,18-22H2,1-3H3,(H,36,41)(H,39,40)/t27-,28-,29+,30?/m0/s1. The van der Waals surface area contributed by atoms with Gasteiger partial charge < -0.3 is 40.7 Å². The number of rotatable bonds is 15. The molecule has 0 aliphatic heterocycles. The molecule has 4 atom stereocenters. The molecule has 0 saturated heterocycles. The highest BCUT2D eigenvalue weighted by molar-refractivity contribution is 5.68. The van der Waals surface area contributed by atoms with Crippen LogP contribution in [0.3, 0.4) is 0 Å². The van der Waals surface area contributed by atoms with Crippen molar-refractivity contribution < 1.29 is 34.4 Å².